The van der Waals surface area contributed by atoms with Crippen molar-refractivity contribution in [3.8, 4) is 5.75 Å². The van der Waals surface area contributed by atoms with E-state index in [2.05, 4.69) is 26.0 Å². The van der Waals surface area contributed by atoms with E-state index in [9.17, 15) is 4.79 Å². The minimum Gasteiger partial charge on any atom is -0.496 e. The van der Waals surface area contributed by atoms with Crippen LogP contribution in [0.25, 0.3) is 0 Å². The van der Waals surface area contributed by atoms with E-state index in [4.69, 9.17) is 15.5 Å². The zero-order valence-electron chi connectivity index (χ0n) is 16.4. The highest BCUT2D eigenvalue weighted by atomic mass is 16.5. The Kier molecular flexibility index (Phi) is 5.81. The van der Waals surface area contributed by atoms with Crippen molar-refractivity contribution in [2.24, 2.45) is 16.6 Å². The summed E-state index contributed by atoms with van der Waals surface area (Å²) in [5.41, 5.74) is 9.92. The predicted molar refractivity (Wildman–Crippen MR) is 106 cm³/mol. The van der Waals surface area contributed by atoms with E-state index in [1.807, 2.05) is 0 Å². The van der Waals surface area contributed by atoms with Crippen LogP contribution in [0.5, 0.6) is 5.75 Å². The van der Waals surface area contributed by atoms with Crippen molar-refractivity contribution < 1.29 is 9.53 Å². The minimum atomic E-state index is -0.193. The number of carbonyl (C=O) groups excluding carboxylic acids is 1. The fourth-order valence-electron chi connectivity index (χ4n) is 4.41. The van der Waals surface area contributed by atoms with Gasteiger partial charge in [0.05, 0.1) is 18.4 Å². The highest BCUT2D eigenvalue weighted by molar-refractivity contribution is 6.13. The number of fused-ring (bicyclic) bond motifs is 1. The Bertz CT molecular complexity index is 698. The molecule has 0 amide bonds. The molecule has 0 aromatic heterocycles. The summed E-state index contributed by atoms with van der Waals surface area (Å²) in [4.78, 5) is 17.9. The van der Waals surface area contributed by atoms with E-state index in [1.54, 1.807) is 7.11 Å². The number of hydrogen-bond donors (Lipinski definition) is 1. The van der Waals surface area contributed by atoms with Crippen LogP contribution >= 0.6 is 0 Å². The lowest BCUT2D eigenvalue weighted by atomic mass is 9.83. The molecule has 0 atom stereocenters. The van der Waals surface area contributed by atoms with Gasteiger partial charge in [0.1, 0.15) is 11.5 Å². The summed E-state index contributed by atoms with van der Waals surface area (Å²) in [5, 5.41) is 0. The molecule has 1 aliphatic carbocycles. The molecule has 1 heterocycles. The van der Waals surface area contributed by atoms with Crippen LogP contribution in [0.15, 0.2) is 17.1 Å². The molecule has 3 rings (SSSR count). The van der Waals surface area contributed by atoms with Crippen LogP contribution in [-0.4, -0.2) is 24.1 Å². The predicted octanol–water partition coefficient (Wildman–Crippen LogP) is 4.21. The maximum absolute atomic E-state index is 13.0. The van der Waals surface area contributed by atoms with Crippen LogP contribution < -0.4 is 10.5 Å². The van der Waals surface area contributed by atoms with Gasteiger partial charge >= 0.3 is 0 Å². The van der Waals surface area contributed by atoms with Crippen molar-refractivity contribution in [2.75, 3.05) is 7.11 Å². The van der Waals surface area contributed by atoms with Gasteiger partial charge in [-0.2, -0.15) is 0 Å². The molecule has 4 nitrogen and oxygen atoms in total. The van der Waals surface area contributed by atoms with Gasteiger partial charge in [-0.15, -0.1) is 0 Å². The molecule has 0 unspecified atom stereocenters. The van der Waals surface area contributed by atoms with Crippen LogP contribution in [0.4, 0.5) is 0 Å². The van der Waals surface area contributed by atoms with Crippen molar-refractivity contribution in [3.05, 3.63) is 28.8 Å². The van der Waals surface area contributed by atoms with Crippen LogP contribution in [0, 0.1) is 5.92 Å². The van der Waals surface area contributed by atoms with Gasteiger partial charge in [-0.25, -0.2) is 0 Å². The lowest BCUT2D eigenvalue weighted by molar-refractivity contribution is -0.122. The van der Waals surface area contributed by atoms with E-state index in [1.165, 1.54) is 31.2 Å². The van der Waals surface area contributed by atoms with E-state index in [0.29, 0.717) is 18.7 Å². The fourth-order valence-corrected chi connectivity index (χ4v) is 4.41. The molecule has 1 aromatic rings. The maximum Gasteiger partial charge on any atom is 0.141 e. The summed E-state index contributed by atoms with van der Waals surface area (Å²) in [6.07, 6.45) is 8.26. The lowest BCUT2D eigenvalue weighted by Crippen LogP contribution is -2.31. The number of hydrogen-bond acceptors (Lipinski definition) is 4. The second kappa shape index (κ2) is 7.91. The van der Waals surface area contributed by atoms with E-state index >= 15 is 0 Å². The minimum absolute atomic E-state index is 0.193. The largest absolute Gasteiger partial charge is 0.496 e. The molecule has 2 N–H and O–H groups in total. The highest BCUT2D eigenvalue weighted by Gasteiger charge is 2.30. The molecule has 26 heavy (non-hydrogen) atoms. The fraction of sp³-hybridized carbons (Fsp3) is 0.636. The molecule has 1 fully saturated rings. The zero-order chi connectivity index (χ0) is 18.7. The Hall–Kier alpha value is -1.68. The monoisotopic (exact) mass is 356 g/mol. The first-order valence-electron chi connectivity index (χ1n) is 9.95. The SMILES string of the molecule is COc1cc2c(cc1CN)C(CC(=O)C1CCCCCC1)=NC(C)(C)C2. The van der Waals surface area contributed by atoms with Crippen LogP contribution in [0.1, 0.15) is 75.5 Å². The van der Waals surface area contributed by atoms with E-state index < -0.39 is 0 Å². The lowest BCUT2D eigenvalue weighted by Gasteiger charge is -2.30. The van der Waals surface area contributed by atoms with Crippen LogP contribution in [0.3, 0.4) is 0 Å². The Balaban J connectivity index is 1.90. The Labute approximate surface area is 157 Å². The van der Waals surface area contributed by atoms with E-state index in [0.717, 1.165) is 41.9 Å². The van der Waals surface area contributed by atoms with Gasteiger partial charge in [0.25, 0.3) is 0 Å². The normalized spacial score (nSPS) is 20.1. The summed E-state index contributed by atoms with van der Waals surface area (Å²) in [5.74, 6) is 1.40. The van der Waals surface area contributed by atoms with Crippen molar-refractivity contribution in [1.82, 2.24) is 0 Å². The number of nitrogens with two attached hydrogens (primary N) is 1. The van der Waals surface area contributed by atoms with Crippen molar-refractivity contribution in [1.29, 1.82) is 0 Å². The Morgan fingerprint density at radius 3 is 2.54 bits per heavy atom. The van der Waals surface area contributed by atoms with Gasteiger partial charge in [-0.1, -0.05) is 25.7 Å². The number of benzene rings is 1. The van der Waals surface area contributed by atoms with Gasteiger partial charge in [0, 0.05) is 24.4 Å². The number of nitrogens with zero attached hydrogens (tertiary/aromatic N) is 1. The second-order valence-corrected chi connectivity index (χ2v) is 8.40. The van der Waals surface area contributed by atoms with Crippen LogP contribution in [0.2, 0.25) is 0 Å². The zero-order valence-corrected chi connectivity index (χ0v) is 16.4. The van der Waals surface area contributed by atoms with E-state index in [-0.39, 0.29) is 11.5 Å². The maximum atomic E-state index is 13.0. The number of Topliss-reactive ketones (excluding diaryl/α,β-unsaturated/α-hetero) is 1. The third-order valence-corrected chi connectivity index (χ3v) is 5.75. The van der Waals surface area contributed by atoms with Gasteiger partial charge in [-0.3, -0.25) is 9.79 Å². The number of methoxy groups -OCH3 is 1. The number of rotatable bonds is 5. The summed E-state index contributed by atoms with van der Waals surface area (Å²) in [7, 11) is 1.68. The number of carbonyl (C=O) groups is 1. The molecule has 0 bridgehead atoms. The molecule has 1 aromatic carbocycles. The molecular formula is C22H32N2O2. The average Bonchev–Trinajstić information content (AvgIpc) is 2.89. The Morgan fingerprint density at radius 1 is 1.23 bits per heavy atom. The molecule has 142 valence electrons. The summed E-state index contributed by atoms with van der Waals surface area (Å²) >= 11 is 0. The highest BCUT2D eigenvalue weighted by Crippen LogP contribution is 2.34. The third-order valence-electron chi connectivity index (χ3n) is 5.75. The molecule has 1 aliphatic heterocycles. The number of ketones is 1. The topological polar surface area (TPSA) is 64.7 Å². The van der Waals surface area contributed by atoms with Gasteiger partial charge in [-0.05, 0) is 56.4 Å². The van der Waals surface area contributed by atoms with Crippen molar-refractivity contribution in [2.45, 2.75) is 77.3 Å². The van der Waals surface area contributed by atoms with Gasteiger partial charge in [0.2, 0.25) is 0 Å². The molecule has 4 heteroatoms. The Morgan fingerprint density at radius 2 is 1.92 bits per heavy atom. The van der Waals surface area contributed by atoms with Gasteiger partial charge in [0.15, 0.2) is 0 Å². The summed E-state index contributed by atoms with van der Waals surface area (Å²) in [6.45, 7) is 4.69. The third kappa shape index (κ3) is 4.17. The average molecular weight is 357 g/mol. The molecule has 0 saturated heterocycles. The summed E-state index contributed by atoms with van der Waals surface area (Å²) < 4.78 is 5.51. The van der Waals surface area contributed by atoms with Crippen LogP contribution in [-0.2, 0) is 17.8 Å². The van der Waals surface area contributed by atoms with Crippen molar-refractivity contribution in [3.63, 3.8) is 0 Å². The quantitative estimate of drug-likeness (QED) is 0.804. The first-order valence-corrected chi connectivity index (χ1v) is 9.95. The van der Waals surface area contributed by atoms with Gasteiger partial charge < -0.3 is 10.5 Å². The number of aliphatic imine (C=N–C) groups is 1. The second-order valence-electron chi connectivity index (χ2n) is 8.40. The molecular weight excluding hydrogens is 324 g/mol. The molecule has 0 radical (unpaired) electrons. The summed E-state index contributed by atoms with van der Waals surface area (Å²) in [6, 6.07) is 4.17. The molecule has 0 spiro atoms. The number of ether oxygens (including phenoxy) is 1. The standard InChI is InChI=1S/C22H32N2O2/c1-22(2)13-16-11-21(26-3)17(14-23)10-18(16)19(24-22)12-20(25)15-8-6-4-5-7-9-15/h10-11,15H,4-9,12-14,23H2,1-3H3. The first-order chi connectivity index (χ1) is 12.4. The first kappa shape index (κ1) is 19.1. The van der Waals surface area contributed by atoms with Crippen molar-refractivity contribution >= 4 is 11.5 Å². The molecule has 2 aliphatic rings. The smallest absolute Gasteiger partial charge is 0.141 e. The molecule has 1 saturated carbocycles.